The Morgan fingerprint density at radius 1 is 1.00 bits per heavy atom. The predicted molar refractivity (Wildman–Crippen MR) is 90.6 cm³/mol. The summed E-state index contributed by atoms with van der Waals surface area (Å²) in [5.41, 5.74) is -0.353. The van der Waals surface area contributed by atoms with E-state index in [4.69, 9.17) is 11.6 Å². The molecule has 1 unspecified atom stereocenters. The van der Waals surface area contributed by atoms with Gasteiger partial charge < -0.3 is 10.0 Å². The van der Waals surface area contributed by atoms with Crippen LogP contribution in [0.15, 0.2) is 53.4 Å². The van der Waals surface area contributed by atoms with Crippen LogP contribution < -0.4 is 0 Å². The van der Waals surface area contributed by atoms with Gasteiger partial charge in [-0.3, -0.25) is 0 Å². The molecule has 3 rings (SSSR count). The number of aliphatic hydroxyl groups is 1. The first-order valence-corrected chi connectivity index (χ1v) is 8.16. The summed E-state index contributed by atoms with van der Waals surface area (Å²) in [5.74, 6) is 0. The van der Waals surface area contributed by atoms with Crippen LogP contribution in [0, 0.1) is 10.4 Å². The molecule has 0 heterocycles. The summed E-state index contributed by atoms with van der Waals surface area (Å²) in [6.07, 6.45) is 0.764. The zero-order valence-corrected chi connectivity index (χ0v) is 13.9. The molecule has 0 radical (unpaired) electrons. The van der Waals surface area contributed by atoms with Crippen LogP contribution >= 0.6 is 23.4 Å². The van der Waals surface area contributed by atoms with Crippen molar-refractivity contribution in [2.45, 2.75) is 16.8 Å². The third-order valence-electron chi connectivity index (χ3n) is 3.13. The van der Waals surface area contributed by atoms with Gasteiger partial charge in [-0.2, -0.15) is 0 Å². The van der Waals surface area contributed by atoms with Crippen molar-refractivity contribution < 1.29 is 5.11 Å². The van der Waals surface area contributed by atoms with Crippen molar-refractivity contribution in [1.82, 2.24) is 4.90 Å². The van der Waals surface area contributed by atoms with Gasteiger partial charge in [0.2, 0.25) is 0 Å². The van der Waals surface area contributed by atoms with Gasteiger partial charge in [-0.15, -0.1) is 0 Å². The lowest BCUT2D eigenvalue weighted by Gasteiger charge is -2.13. The molecule has 0 fully saturated rings. The molecule has 1 N–H and O–H groups in total. The van der Waals surface area contributed by atoms with E-state index in [1.807, 2.05) is 38.4 Å². The highest BCUT2D eigenvalue weighted by molar-refractivity contribution is 7.99. The Bertz CT molecular complexity index is 607. The van der Waals surface area contributed by atoms with Gasteiger partial charge in [0.15, 0.2) is 0 Å². The van der Waals surface area contributed by atoms with E-state index in [0.717, 1.165) is 22.9 Å². The lowest BCUT2D eigenvalue weighted by atomic mass is 10.1. The van der Waals surface area contributed by atoms with Crippen LogP contribution in [0.25, 0.3) is 0 Å². The lowest BCUT2D eigenvalue weighted by Crippen LogP contribution is -2.17. The Hall–Kier alpha value is -1.00. The van der Waals surface area contributed by atoms with Crippen molar-refractivity contribution in [1.29, 1.82) is 0 Å². The van der Waals surface area contributed by atoms with Crippen molar-refractivity contribution in [3.05, 3.63) is 64.0 Å². The molecule has 2 nitrogen and oxygen atoms in total. The monoisotopic (exact) mass is 321 g/mol. The summed E-state index contributed by atoms with van der Waals surface area (Å²) >= 11 is 7.24. The fourth-order valence-corrected chi connectivity index (χ4v) is 2.72. The highest BCUT2D eigenvalue weighted by Crippen LogP contribution is 2.25. The summed E-state index contributed by atoms with van der Waals surface area (Å²) in [4.78, 5) is 3.11. The number of rotatable bonds is 5. The van der Waals surface area contributed by atoms with Gasteiger partial charge in [0.1, 0.15) is 5.44 Å². The highest BCUT2D eigenvalue weighted by atomic mass is 35.5. The minimum atomic E-state index is -0.353. The summed E-state index contributed by atoms with van der Waals surface area (Å²) in [5, 5.41) is 13.3. The molecule has 21 heavy (non-hydrogen) atoms. The maximum atomic E-state index is 9.72. The maximum Gasteiger partial charge on any atom is 0.105 e. The number of hydrogen-bond donors (Lipinski definition) is 1. The summed E-state index contributed by atoms with van der Waals surface area (Å²) in [6, 6.07) is 16.0. The van der Waals surface area contributed by atoms with Crippen molar-refractivity contribution in [2.75, 3.05) is 20.6 Å². The van der Waals surface area contributed by atoms with E-state index in [9.17, 15) is 5.11 Å². The Morgan fingerprint density at radius 2 is 1.52 bits per heavy atom. The van der Waals surface area contributed by atoms with Crippen LogP contribution in [-0.4, -0.2) is 36.1 Å². The van der Waals surface area contributed by atoms with Crippen molar-refractivity contribution in [3.8, 4) is 0 Å². The molecule has 2 aliphatic rings. The number of nitrogens with zero attached hydrogens (tertiary/aromatic N) is 1. The second-order valence-corrected chi connectivity index (χ2v) is 6.88. The minimum Gasteiger partial charge on any atom is -0.382 e. The Kier molecular flexibility index (Phi) is 6.12. The van der Waals surface area contributed by atoms with E-state index in [2.05, 4.69) is 29.2 Å². The molecule has 0 spiro atoms. The maximum absolute atomic E-state index is 9.72. The van der Waals surface area contributed by atoms with E-state index in [-0.39, 0.29) is 5.44 Å². The first kappa shape index (κ1) is 16.4. The molecule has 0 aromatic heterocycles. The van der Waals surface area contributed by atoms with E-state index in [1.54, 1.807) is 0 Å². The average molecular weight is 322 g/mol. The summed E-state index contributed by atoms with van der Waals surface area (Å²) < 4.78 is 0. The molecule has 1 aromatic carbocycles. The van der Waals surface area contributed by atoms with E-state index in [0.29, 0.717) is 0 Å². The first-order valence-electron chi connectivity index (χ1n) is 6.90. The van der Waals surface area contributed by atoms with Gasteiger partial charge in [0.05, 0.1) is 0 Å². The molecule has 0 amide bonds. The van der Waals surface area contributed by atoms with Gasteiger partial charge >= 0.3 is 0 Å². The van der Waals surface area contributed by atoms with Crippen LogP contribution in [0.2, 0.25) is 5.02 Å². The summed E-state index contributed by atoms with van der Waals surface area (Å²) in [6.45, 7) is 0.891. The second kappa shape index (κ2) is 7.85. The minimum absolute atomic E-state index is 0.353. The number of aliphatic hydroxyl groups excluding tert-OH is 1. The van der Waals surface area contributed by atoms with Gasteiger partial charge in [-0.25, -0.2) is 0 Å². The Labute approximate surface area is 135 Å². The van der Waals surface area contributed by atoms with Crippen LogP contribution in [-0.2, 0) is 0 Å². The molecule has 0 bridgehead atoms. The predicted octanol–water partition coefficient (Wildman–Crippen LogP) is 3.99. The van der Waals surface area contributed by atoms with Gasteiger partial charge in [-0.1, -0.05) is 47.6 Å². The third kappa shape index (κ3) is 5.36. The molecule has 4 heteroatoms. The normalized spacial score (nSPS) is 12.6. The van der Waals surface area contributed by atoms with Crippen LogP contribution in [0.3, 0.4) is 0 Å². The van der Waals surface area contributed by atoms with Gasteiger partial charge in [0, 0.05) is 16.5 Å². The van der Waals surface area contributed by atoms with Gasteiger partial charge in [0.25, 0.3) is 0 Å². The van der Waals surface area contributed by atoms with E-state index < -0.39 is 0 Å². The molecular weight excluding hydrogens is 302 g/mol. The molecule has 112 valence electrons. The summed E-state index contributed by atoms with van der Waals surface area (Å²) in [7, 11) is 4.00. The number of benzene rings is 2. The topological polar surface area (TPSA) is 23.5 Å². The Balaban J connectivity index is 0.000000218. The zero-order valence-electron chi connectivity index (χ0n) is 12.3. The fourth-order valence-electron chi connectivity index (χ4n) is 1.76. The molecule has 1 atom stereocenters. The average Bonchev–Trinajstić information content (AvgIpc) is 2.44. The van der Waals surface area contributed by atoms with E-state index >= 15 is 0 Å². The second-order valence-electron chi connectivity index (χ2n) is 5.20. The van der Waals surface area contributed by atoms with Crippen LogP contribution in [0.1, 0.15) is 6.42 Å². The number of hydrogen-bond acceptors (Lipinski definition) is 3. The molecule has 2 aliphatic carbocycles. The largest absolute Gasteiger partial charge is 0.382 e. The van der Waals surface area contributed by atoms with Gasteiger partial charge in [-0.05, 0) is 55.2 Å². The van der Waals surface area contributed by atoms with Crippen molar-refractivity contribution >= 4 is 23.4 Å². The molecule has 1 aromatic rings. The van der Waals surface area contributed by atoms with Crippen LogP contribution in [0.4, 0.5) is 0 Å². The number of halogens is 1. The lowest BCUT2D eigenvalue weighted by molar-refractivity contribution is 0.232. The zero-order chi connectivity index (χ0) is 15.2. The van der Waals surface area contributed by atoms with Crippen molar-refractivity contribution in [3.63, 3.8) is 0 Å². The Morgan fingerprint density at radius 3 is 1.90 bits per heavy atom. The SMILES string of the molecule is CN(C)CCC(O)Sc1ccc(Cl)cc1.c1cc2ccc1=2. The van der Waals surface area contributed by atoms with Crippen LogP contribution in [0.5, 0.6) is 0 Å². The highest BCUT2D eigenvalue weighted by Gasteiger charge is 2.06. The first-order chi connectivity index (χ1) is 10.0. The molecule has 0 saturated carbocycles. The van der Waals surface area contributed by atoms with Crippen molar-refractivity contribution in [2.24, 2.45) is 0 Å². The molecule has 0 aliphatic heterocycles. The fraction of sp³-hybridized carbons (Fsp3) is 0.294. The molecular formula is C17H20ClNOS. The molecule has 0 saturated heterocycles. The standard InChI is InChI=1S/C11H16ClNOS.C6H4/c1-13(2)8-7-11(14)15-10-5-3-9(12)4-6-10;1-2-6-4-3-5(1)6/h3-6,11,14H,7-8H2,1-2H3;1-4H. The quantitative estimate of drug-likeness (QED) is 0.568. The smallest absolute Gasteiger partial charge is 0.105 e. The number of thioether (sulfide) groups is 1. The van der Waals surface area contributed by atoms with E-state index in [1.165, 1.54) is 22.2 Å². The third-order valence-corrected chi connectivity index (χ3v) is 4.43.